The molecule has 0 bridgehead atoms. The molecule has 6 heteroatoms. The Bertz CT molecular complexity index is 933. The first-order valence-corrected chi connectivity index (χ1v) is 10.5. The van der Waals surface area contributed by atoms with E-state index in [1.807, 2.05) is 54.3 Å². The highest BCUT2D eigenvalue weighted by Gasteiger charge is 2.23. The molecule has 0 saturated heterocycles. The third-order valence-corrected chi connectivity index (χ3v) is 6.09. The molecule has 5 nitrogen and oxygen atoms in total. The molecule has 1 aromatic heterocycles. The normalized spacial score (nSPS) is 11.2. The molecule has 0 saturated carbocycles. The second-order valence-electron chi connectivity index (χ2n) is 6.86. The van der Waals surface area contributed by atoms with Gasteiger partial charge in [0.15, 0.2) is 5.13 Å². The minimum atomic E-state index is -0.00224. The first-order chi connectivity index (χ1) is 13.5. The standard InChI is InChI=1S/C22H27N3O2S/c1-5-24(6-2)13-14-25(21(26)17-9-7-16(3)8-10-17)22-23-19-12-11-18(27-4)15-20(19)28-22/h7-12,15H,5-6,13-14H2,1-4H3/p+1. The zero-order valence-corrected chi connectivity index (χ0v) is 17.8. The van der Waals surface area contributed by atoms with Crippen molar-refractivity contribution in [1.29, 1.82) is 0 Å². The van der Waals surface area contributed by atoms with Gasteiger partial charge in [0.2, 0.25) is 0 Å². The number of aromatic nitrogens is 1. The molecular weight excluding hydrogens is 370 g/mol. The lowest BCUT2D eigenvalue weighted by Gasteiger charge is -2.23. The van der Waals surface area contributed by atoms with Gasteiger partial charge in [-0.1, -0.05) is 29.0 Å². The van der Waals surface area contributed by atoms with Crippen molar-refractivity contribution in [3.8, 4) is 5.75 Å². The highest BCUT2D eigenvalue weighted by Crippen LogP contribution is 2.32. The maximum absolute atomic E-state index is 13.3. The summed E-state index contributed by atoms with van der Waals surface area (Å²) in [5.74, 6) is 0.796. The molecule has 148 valence electrons. The Balaban J connectivity index is 1.94. The minimum Gasteiger partial charge on any atom is -0.497 e. The van der Waals surface area contributed by atoms with E-state index in [9.17, 15) is 4.79 Å². The van der Waals surface area contributed by atoms with Crippen molar-refractivity contribution in [3.63, 3.8) is 0 Å². The van der Waals surface area contributed by atoms with E-state index in [1.165, 1.54) is 16.2 Å². The second-order valence-corrected chi connectivity index (χ2v) is 7.87. The lowest BCUT2D eigenvalue weighted by Crippen LogP contribution is -3.12. The van der Waals surface area contributed by atoms with Gasteiger partial charge in [-0.25, -0.2) is 4.98 Å². The zero-order chi connectivity index (χ0) is 20.1. The molecule has 0 radical (unpaired) electrons. The van der Waals surface area contributed by atoms with Gasteiger partial charge in [0.1, 0.15) is 5.75 Å². The number of quaternary nitrogens is 1. The number of carbonyl (C=O) groups excluding carboxylic acids is 1. The Kier molecular flexibility index (Phi) is 6.65. The third kappa shape index (κ3) is 4.51. The number of aryl methyl sites for hydroxylation is 1. The number of nitrogens with zero attached hydrogens (tertiary/aromatic N) is 2. The van der Waals surface area contributed by atoms with Crippen molar-refractivity contribution in [2.24, 2.45) is 0 Å². The van der Waals surface area contributed by atoms with Crippen LogP contribution in [-0.4, -0.2) is 44.2 Å². The number of hydrogen-bond donors (Lipinski definition) is 1. The van der Waals surface area contributed by atoms with Crippen molar-refractivity contribution in [3.05, 3.63) is 53.6 Å². The summed E-state index contributed by atoms with van der Waals surface area (Å²) < 4.78 is 6.34. The Hall–Kier alpha value is -2.44. The molecule has 1 heterocycles. The van der Waals surface area contributed by atoms with E-state index in [-0.39, 0.29) is 5.91 Å². The summed E-state index contributed by atoms with van der Waals surface area (Å²) in [7, 11) is 1.66. The van der Waals surface area contributed by atoms with Gasteiger partial charge >= 0.3 is 0 Å². The van der Waals surface area contributed by atoms with E-state index in [2.05, 4.69) is 13.8 Å². The quantitative estimate of drug-likeness (QED) is 0.634. The van der Waals surface area contributed by atoms with Crippen LogP contribution in [0.4, 0.5) is 5.13 Å². The van der Waals surface area contributed by atoms with Crippen LogP contribution in [0, 0.1) is 6.92 Å². The van der Waals surface area contributed by atoms with E-state index in [0.717, 1.165) is 46.3 Å². The molecule has 0 spiro atoms. The topological polar surface area (TPSA) is 46.9 Å². The van der Waals surface area contributed by atoms with Crippen molar-refractivity contribution < 1.29 is 14.4 Å². The zero-order valence-electron chi connectivity index (χ0n) is 17.0. The number of rotatable bonds is 8. The molecule has 1 amide bonds. The van der Waals surface area contributed by atoms with Crippen LogP contribution in [0.2, 0.25) is 0 Å². The summed E-state index contributed by atoms with van der Waals surface area (Å²) in [5.41, 5.74) is 2.72. The van der Waals surface area contributed by atoms with Crippen molar-refractivity contribution >= 4 is 32.6 Å². The molecule has 0 aliphatic heterocycles. The van der Waals surface area contributed by atoms with Crippen LogP contribution < -0.4 is 14.5 Å². The van der Waals surface area contributed by atoms with Crippen LogP contribution in [0.25, 0.3) is 10.2 Å². The predicted molar refractivity (Wildman–Crippen MR) is 116 cm³/mol. The van der Waals surface area contributed by atoms with Gasteiger partial charge in [-0.05, 0) is 51.1 Å². The largest absolute Gasteiger partial charge is 0.497 e. The second kappa shape index (κ2) is 9.17. The smallest absolute Gasteiger partial charge is 0.260 e. The van der Waals surface area contributed by atoms with Crippen LogP contribution in [0.15, 0.2) is 42.5 Å². The first kappa shape index (κ1) is 20.3. The lowest BCUT2D eigenvalue weighted by atomic mass is 10.1. The predicted octanol–water partition coefficient (Wildman–Crippen LogP) is 3.18. The molecule has 0 unspecified atom stereocenters. The Morgan fingerprint density at radius 3 is 2.50 bits per heavy atom. The molecule has 2 aromatic carbocycles. The van der Waals surface area contributed by atoms with Crippen LogP contribution >= 0.6 is 11.3 Å². The fourth-order valence-corrected chi connectivity index (χ4v) is 4.16. The molecule has 0 atom stereocenters. The van der Waals surface area contributed by atoms with Crippen molar-refractivity contribution in [1.82, 2.24) is 4.98 Å². The lowest BCUT2D eigenvalue weighted by molar-refractivity contribution is -0.894. The van der Waals surface area contributed by atoms with Gasteiger partial charge in [0.05, 0.1) is 43.5 Å². The number of hydrogen-bond acceptors (Lipinski definition) is 4. The Morgan fingerprint density at radius 1 is 1.14 bits per heavy atom. The van der Waals surface area contributed by atoms with E-state index >= 15 is 0 Å². The number of carbonyl (C=O) groups is 1. The number of anilines is 1. The molecule has 3 rings (SSSR count). The summed E-state index contributed by atoms with van der Waals surface area (Å²) in [6, 6.07) is 13.6. The number of fused-ring (bicyclic) bond motifs is 1. The van der Waals surface area contributed by atoms with Crippen LogP contribution in [0.3, 0.4) is 0 Å². The van der Waals surface area contributed by atoms with E-state index in [0.29, 0.717) is 12.1 Å². The summed E-state index contributed by atoms with van der Waals surface area (Å²) in [6.07, 6.45) is 0. The summed E-state index contributed by atoms with van der Waals surface area (Å²) >= 11 is 1.53. The monoisotopic (exact) mass is 398 g/mol. The third-order valence-electron chi connectivity index (χ3n) is 5.05. The first-order valence-electron chi connectivity index (χ1n) is 9.72. The number of amides is 1. The van der Waals surface area contributed by atoms with Crippen molar-refractivity contribution in [2.75, 3.05) is 38.2 Å². The van der Waals surface area contributed by atoms with E-state index < -0.39 is 0 Å². The molecule has 3 aromatic rings. The fraction of sp³-hybridized carbons (Fsp3) is 0.364. The average molecular weight is 399 g/mol. The van der Waals surface area contributed by atoms with Crippen LogP contribution in [0.5, 0.6) is 5.75 Å². The molecule has 1 N–H and O–H groups in total. The number of thiazole rings is 1. The average Bonchev–Trinajstić information content (AvgIpc) is 3.14. The maximum Gasteiger partial charge on any atom is 0.260 e. The molecular formula is C22H28N3O2S+. The van der Waals surface area contributed by atoms with Gasteiger partial charge in [0.25, 0.3) is 5.91 Å². The summed E-state index contributed by atoms with van der Waals surface area (Å²) in [4.78, 5) is 21.3. The highest BCUT2D eigenvalue weighted by molar-refractivity contribution is 7.22. The van der Waals surface area contributed by atoms with E-state index in [4.69, 9.17) is 9.72 Å². The summed E-state index contributed by atoms with van der Waals surface area (Å²) in [5, 5.41) is 0.736. The highest BCUT2D eigenvalue weighted by atomic mass is 32.1. The number of methoxy groups -OCH3 is 1. The Labute approximate surface area is 170 Å². The van der Waals surface area contributed by atoms with Crippen LogP contribution in [0.1, 0.15) is 29.8 Å². The number of benzene rings is 2. The molecule has 28 heavy (non-hydrogen) atoms. The number of nitrogens with one attached hydrogen (secondary N) is 1. The van der Waals surface area contributed by atoms with Gasteiger partial charge in [0, 0.05) is 5.56 Å². The van der Waals surface area contributed by atoms with Gasteiger partial charge in [-0.2, -0.15) is 0 Å². The van der Waals surface area contributed by atoms with Gasteiger partial charge < -0.3 is 9.64 Å². The fourth-order valence-electron chi connectivity index (χ4n) is 3.14. The molecule has 0 aliphatic rings. The number of likely N-dealkylation sites (N-methyl/N-ethyl adjacent to an activating group) is 1. The van der Waals surface area contributed by atoms with Crippen molar-refractivity contribution in [2.45, 2.75) is 20.8 Å². The minimum absolute atomic E-state index is 0.00224. The molecule has 0 fully saturated rings. The van der Waals surface area contributed by atoms with E-state index in [1.54, 1.807) is 7.11 Å². The van der Waals surface area contributed by atoms with Crippen LogP contribution in [-0.2, 0) is 0 Å². The Morgan fingerprint density at radius 2 is 1.86 bits per heavy atom. The van der Waals surface area contributed by atoms with Gasteiger partial charge in [-0.3, -0.25) is 9.69 Å². The SMILES string of the molecule is CC[NH+](CC)CCN(C(=O)c1ccc(C)cc1)c1nc2ccc(OC)cc2s1. The summed E-state index contributed by atoms with van der Waals surface area (Å²) in [6.45, 7) is 9.99. The van der Waals surface area contributed by atoms with Gasteiger partial charge in [-0.15, -0.1) is 0 Å². The molecule has 0 aliphatic carbocycles. The maximum atomic E-state index is 13.3. The number of ether oxygens (including phenoxy) is 1.